The summed E-state index contributed by atoms with van der Waals surface area (Å²) in [5.74, 6) is -3.70. The predicted octanol–water partition coefficient (Wildman–Crippen LogP) is 15.1. The van der Waals surface area contributed by atoms with Gasteiger partial charge in [0.15, 0.2) is 23.3 Å². The zero-order chi connectivity index (χ0) is 48.3. The monoisotopic (exact) mass is 1030 g/mol. The fourth-order valence-corrected chi connectivity index (χ4v) is 8.11. The maximum Gasteiger partial charge on any atom is 0.159 e. The summed E-state index contributed by atoms with van der Waals surface area (Å²) in [7, 11) is 0. The topological polar surface area (TPSA) is 59.5 Å². The van der Waals surface area contributed by atoms with Crippen LogP contribution in [-0.2, 0) is 13.1 Å². The average molecular weight is 1030 g/mol. The first-order valence-electron chi connectivity index (χ1n) is 20.3. The van der Waals surface area contributed by atoms with Crippen LogP contribution in [0.2, 0.25) is 20.1 Å². The van der Waals surface area contributed by atoms with Gasteiger partial charge in [-0.2, -0.15) is 5.26 Å². The summed E-state index contributed by atoms with van der Waals surface area (Å²) in [5, 5.41) is 9.48. The Labute approximate surface area is 411 Å². The lowest BCUT2D eigenvalue weighted by Crippen LogP contribution is -2.48. The molecular weight excluding hydrogens is 985 g/mol. The molecule has 0 spiro atoms. The molecule has 0 radical (unpaired) electrons. The van der Waals surface area contributed by atoms with Crippen LogP contribution in [-0.4, -0.2) is 48.4 Å². The summed E-state index contributed by atoms with van der Waals surface area (Å²) in [6, 6.07) is 32.3. The normalized spacial score (nSPS) is 13.9. The van der Waals surface area contributed by atoms with Crippen molar-refractivity contribution in [2.45, 2.75) is 37.9 Å². The molecule has 17 heteroatoms. The molecule has 350 valence electrons. The Morgan fingerprint density at radius 3 is 1.77 bits per heavy atom. The smallest absolute Gasteiger partial charge is 0.159 e. The molecule has 1 aliphatic heterocycles. The number of piperazine rings is 1. The lowest BCUT2D eigenvalue weighted by atomic mass is 10.0. The van der Waals surface area contributed by atoms with Crippen LogP contribution in [0.4, 0.5) is 37.7 Å². The Bertz CT molecular complexity index is 2500. The number of nitrogens with two attached hydrogens (primary N) is 1. The second-order valence-electron chi connectivity index (χ2n) is 14.7. The van der Waals surface area contributed by atoms with Crippen molar-refractivity contribution in [2.75, 3.05) is 49.2 Å². The third kappa shape index (κ3) is 17.4. The second kappa shape index (κ2) is 27.5. The molecule has 0 bridgehead atoms. The molecule has 6 aromatic rings. The van der Waals surface area contributed by atoms with E-state index in [0.29, 0.717) is 95.0 Å². The number of alkyl halides is 2. The maximum absolute atomic E-state index is 13.6. The van der Waals surface area contributed by atoms with Crippen molar-refractivity contribution >= 4 is 81.0 Å². The van der Waals surface area contributed by atoms with Crippen LogP contribution in [0.15, 0.2) is 121 Å². The van der Waals surface area contributed by atoms with Gasteiger partial charge in [-0.1, -0.05) is 89.7 Å². The molecule has 0 aromatic heterocycles. The van der Waals surface area contributed by atoms with Crippen molar-refractivity contribution in [2.24, 2.45) is 0 Å². The molecule has 0 amide bonds. The minimum absolute atomic E-state index is 0.0941. The third-order valence-corrected chi connectivity index (χ3v) is 11.5. The Balaban J connectivity index is 0.000000232. The molecule has 0 aliphatic carbocycles. The van der Waals surface area contributed by atoms with E-state index in [0.717, 1.165) is 35.0 Å². The van der Waals surface area contributed by atoms with E-state index in [1.54, 1.807) is 60.7 Å². The van der Waals surface area contributed by atoms with E-state index in [1.165, 1.54) is 36.4 Å². The van der Waals surface area contributed by atoms with Gasteiger partial charge in [-0.3, -0.25) is 9.80 Å². The molecule has 1 fully saturated rings. The molecule has 1 saturated heterocycles. The zero-order valence-electron chi connectivity index (χ0n) is 35.5. The van der Waals surface area contributed by atoms with Crippen LogP contribution >= 0.6 is 69.6 Å². The van der Waals surface area contributed by atoms with Crippen LogP contribution in [0.3, 0.4) is 0 Å². The number of nitrogen functional groups attached to an aromatic ring is 1. The Morgan fingerprint density at radius 1 is 0.697 bits per heavy atom. The lowest BCUT2D eigenvalue weighted by molar-refractivity contribution is 0.215. The fraction of sp³-hybridized carbons (Fsp3) is 0.245. The van der Waals surface area contributed by atoms with E-state index in [1.807, 2.05) is 24.0 Å². The summed E-state index contributed by atoms with van der Waals surface area (Å²) in [4.78, 5) is 6.29. The van der Waals surface area contributed by atoms with Gasteiger partial charge in [0.2, 0.25) is 0 Å². The Morgan fingerprint density at radius 2 is 1.24 bits per heavy atom. The number of rotatable bonds is 11. The molecule has 2 unspecified atom stereocenters. The molecule has 0 saturated carbocycles. The molecule has 6 aromatic carbocycles. The molecule has 1 heterocycles. The number of nitriles is 1. The van der Waals surface area contributed by atoms with Gasteiger partial charge < -0.3 is 10.6 Å². The fourth-order valence-electron chi connectivity index (χ4n) is 6.61. The second-order valence-corrected chi connectivity index (χ2v) is 17.3. The van der Waals surface area contributed by atoms with Gasteiger partial charge in [-0.05, 0) is 107 Å². The van der Waals surface area contributed by atoms with Gasteiger partial charge in [0.1, 0.15) is 11.6 Å². The molecule has 2 atom stereocenters. The SMILES string of the molecule is CCC#N.Fc1ccc(C(Cl)CN(CCCl)Cc2ccc(F)c(F)c2)cc1.Fc1ccc(C2CN(Cc3ccc(F)c(F)c3)CCN2c2ccc(Cl)cc2Cl)cc1.Nc1ccc(Cl)cc1Cl. The Hall–Kier alpha value is -4.35. The van der Waals surface area contributed by atoms with Crippen molar-refractivity contribution in [1.82, 2.24) is 9.80 Å². The number of hydrogen-bond donors (Lipinski definition) is 1. The van der Waals surface area contributed by atoms with Gasteiger partial charge in [-0.25, -0.2) is 26.3 Å². The van der Waals surface area contributed by atoms with E-state index in [4.69, 9.17) is 80.6 Å². The van der Waals surface area contributed by atoms with Crippen LogP contribution in [0, 0.1) is 46.2 Å². The lowest BCUT2D eigenvalue weighted by Gasteiger charge is -2.43. The van der Waals surface area contributed by atoms with Gasteiger partial charge in [0.25, 0.3) is 0 Å². The van der Waals surface area contributed by atoms with Crippen molar-refractivity contribution < 1.29 is 26.3 Å². The zero-order valence-corrected chi connectivity index (χ0v) is 40.0. The highest BCUT2D eigenvalue weighted by atomic mass is 35.5. The van der Waals surface area contributed by atoms with E-state index < -0.39 is 23.3 Å². The number of anilines is 2. The largest absolute Gasteiger partial charge is 0.398 e. The van der Waals surface area contributed by atoms with Gasteiger partial charge >= 0.3 is 0 Å². The third-order valence-electron chi connectivity index (χ3n) is 9.89. The first kappa shape index (κ1) is 54.3. The van der Waals surface area contributed by atoms with Crippen molar-refractivity contribution in [3.8, 4) is 6.07 Å². The first-order chi connectivity index (χ1) is 31.5. The first-order valence-corrected chi connectivity index (χ1v) is 22.8. The summed E-state index contributed by atoms with van der Waals surface area (Å²) in [5.41, 5.74) is 9.87. The van der Waals surface area contributed by atoms with Crippen LogP contribution in [0.5, 0.6) is 0 Å². The summed E-state index contributed by atoms with van der Waals surface area (Å²) in [6.45, 7) is 5.68. The van der Waals surface area contributed by atoms with Gasteiger partial charge in [-0.15, -0.1) is 23.2 Å². The van der Waals surface area contributed by atoms with Crippen LogP contribution in [0.25, 0.3) is 0 Å². The molecule has 5 nitrogen and oxygen atoms in total. The molecular formula is C49H45Cl6F6N5. The standard InChI is InChI=1S/C23H19Cl2F3N2.C17H16Cl2F3N.C6H5Cl2N.C3H5N/c24-17-4-8-22(19(25)12-17)30-10-9-29(13-15-1-7-20(27)21(28)11-15)14-23(30)16-2-5-18(26)6-3-16;18-7-8-23(10-12-1-6-16(21)17(22)9-12)11-15(19)13-2-4-14(20)5-3-13;7-4-1-2-6(9)5(8)3-4;1-2-3-4/h1-8,11-12,23H,9-10,13-14H2;1-6,9,15H,7-8,10-11H2;1-3H,9H2;2H2,1H3. The highest BCUT2D eigenvalue weighted by Crippen LogP contribution is 2.37. The Kier molecular flexibility index (Phi) is 22.6. The predicted molar refractivity (Wildman–Crippen MR) is 259 cm³/mol. The highest BCUT2D eigenvalue weighted by molar-refractivity contribution is 6.36. The summed E-state index contributed by atoms with van der Waals surface area (Å²) >= 11 is 35.9. The van der Waals surface area contributed by atoms with E-state index >= 15 is 0 Å². The number of nitrogens with zero attached hydrogens (tertiary/aromatic N) is 4. The van der Waals surface area contributed by atoms with Gasteiger partial charge in [0, 0.05) is 68.2 Å². The molecule has 1 aliphatic rings. The quantitative estimate of drug-likeness (QED) is 0.0796. The maximum atomic E-state index is 13.6. The number of benzene rings is 6. The average Bonchev–Trinajstić information content (AvgIpc) is 3.29. The van der Waals surface area contributed by atoms with E-state index in [9.17, 15) is 26.3 Å². The minimum atomic E-state index is -0.880. The van der Waals surface area contributed by atoms with Crippen LogP contribution in [0.1, 0.15) is 47.0 Å². The van der Waals surface area contributed by atoms with E-state index in [-0.39, 0.29) is 23.1 Å². The highest BCUT2D eigenvalue weighted by Gasteiger charge is 2.30. The number of hydrogen-bond acceptors (Lipinski definition) is 5. The molecule has 2 N–H and O–H groups in total. The summed E-state index contributed by atoms with van der Waals surface area (Å²) in [6.07, 6.45) is 0.625. The van der Waals surface area contributed by atoms with Crippen molar-refractivity contribution in [1.29, 1.82) is 5.26 Å². The molecule has 7 rings (SSSR count). The van der Waals surface area contributed by atoms with Crippen LogP contribution < -0.4 is 10.6 Å². The summed E-state index contributed by atoms with van der Waals surface area (Å²) < 4.78 is 79.6. The van der Waals surface area contributed by atoms with Crippen molar-refractivity contribution in [3.05, 3.63) is 199 Å². The number of halogens is 12. The molecule has 66 heavy (non-hydrogen) atoms. The van der Waals surface area contributed by atoms with Crippen molar-refractivity contribution in [3.63, 3.8) is 0 Å². The minimum Gasteiger partial charge on any atom is -0.398 e. The van der Waals surface area contributed by atoms with E-state index in [2.05, 4.69) is 9.80 Å². The van der Waals surface area contributed by atoms with Gasteiger partial charge in [0.05, 0.1) is 38.9 Å².